The first-order valence-corrected chi connectivity index (χ1v) is 5.18. The standard InChI is InChI=1S/C11H10N4O2/c1-15-9-3-2-7(4-8(9)6-12-15)5-10-13-11(16)17-14-10/h2-4,6H,5H2,1H3,(H,13,14,16). The highest BCUT2D eigenvalue weighted by Gasteiger charge is 2.05. The van der Waals surface area contributed by atoms with E-state index in [-0.39, 0.29) is 0 Å². The fraction of sp³-hybridized carbons (Fsp3) is 0.182. The first-order valence-electron chi connectivity index (χ1n) is 5.18. The first kappa shape index (κ1) is 9.83. The van der Waals surface area contributed by atoms with Crippen molar-refractivity contribution >= 4 is 10.9 Å². The number of aromatic amines is 1. The molecule has 3 rings (SSSR count). The Labute approximate surface area is 95.9 Å². The molecule has 0 unspecified atom stereocenters. The molecule has 3 aromatic rings. The number of aromatic nitrogens is 4. The summed E-state index contributed by atoms with van der Waals surface area (Å²) in [4.78, 5) is 13.3. The van der Waals surface area contributed by atoms with E-state index in [1.165, 1.54) is 0 Å². The van der Waals surface area contributed by atoms with Crippen LogP contribution >= 0.6 is 0 Å². The molecule has 0 saturated carbocycles. The van der Waals surface area contributed by atoms with Gasteiger partial charge in [-0.25, -0.2) is 4.79 Å². The van der Waals surface area contributed by atoms with Crippen LogP contribution in [0, 0.1) is 0 Å². The highest BCUT2D eigenvalue weighted by atomic mass is 16.5. The first-order chi connectivity index (χ1) is 8.22. The molecule has 0 fully saturated rings. The van der Waals surface area contributed by atoms with E-state index in [0.717, 1.165) is 16.5 Å². The summed E-state index contributed by atoms with van der Waals surface area (Å²) >= 11 is 0. The van der Waals surface area contributed by atoms with Gasteiger partial charge in [0.1, 0.15) is 0 Å². The van der Waals surface area contributed by atoms with Crippen molar-refractivity contribution in [2.45, 2.75) is 6.42 Å². The second-order valence-corrected chi connectivity index (χ2v) is 3.88. The fourth-order valence-corrected chi connectivity index (χ4v) is 1.85. The molecule has 2 heterocycles. The van der Waals surface area contributed by atoms with Crippen molar-refractivity contribution in [3.05, 3.63) is 46.3 Å². The van der Waals surface area contributed by atoms with Crippen LogP contribution in [0.25, 0.3) is 10.9 Å². The largest absolute Gasteiger partial charge is 0.438 e. The van der Waals surface area contributed by atoms with Gasteiger partial charge >= 0.3 is 5.76 Å². The van der Waals surface area contributed by atoms with Crippen molar-refractivity contribution in [1.29, 1.82) is 0 Å². The quantitative estimate of drug-likeness (QED) is 0.707. The van der Waals surface area contributed by atoms with Crippen molar-refractivity contribution in [3.8, 4) is 0 Å². The van der Waals surface area contributed by atoms with Crippen molar-refractivity contribution in [3.63, 3.8) is 0 Å². The molecule has 1 aromatic carbocycles. The second-order valence-electron chi connectivity index (χ2n) is 3.88. The van der Waals surface area contributed by atoms with Gasteiger partial charge in [-0.1, -0.05) is 11.2 Å². The molecular weight excluding hydrogens is 220 g/mol. The number of H-pyrrole nitrogens is 1. The van der Waals surface area contributed by atoms with Crippen LogP contribution in [0.5, 0.6) is 0 Å². The van der Waals surface area contributed by atoms with E-state index >= 15 is 0 Å². The molecule has 0 aliphatic heterocycles. The Morgan fingerprint density at radius 2 is 2.35 bits per heavy atom. The molecule has 6 nitrogen and oxygen atoms in total. The molecule has 17 heavy (non-hydrogen) atoms. The molecule has 6 heteroatoms. The van der Waals surface area contributed by atoms with Crippen molar-refractivity contribution in [1.82, 2.24) is 19.9 Å². The molecule has 1 N–H and O–H groups in total. The zero-order valence-electron chi connectivity index (χ0n) is 9.17. The Kier molecular flexibility index (Phi) is 2.07. The molecule has 2 aromatic heterocycles. The van der Waals surface area contributed by atoms with Crippen LogP contribution < -0.4 is 5.76 Å². The predicted molar refractivity (Wildman–Crippen MR) is 60.6 cm³/mol. The van der Waals surface area contributed by atoms with E-state index in [0.29, 0.717) is 12.2 Å². The van der Waals surface area contributed by atoms with Gasteiger partial charge in [0.15, 0.2) is 5.82 Å². The lowest BCUT2D eigenvalue weighted by Gasteiger charge is -1.98. The molecule has 0 spiro atoms. The van der Waals surface area contributed by atoms with E-state index < -0.39 is 5.76 Å². The number of rotatable bonds is 2. The van der Waals surface area contributed by atoms with Crippen LogP contribution in [0.2, 0.25) is 0 Å². The van der Waals surface area contributed by atoms with E-state index in [2.05, 4.69) is 19.8 Å². The van der Waals surface area contributed by atoms with Gasteiger partial charge in [-0.3, -0.25) is 14.2 Å². The summed E-state index contributed by atoms with van der Waals surface area (Å²) in [5.41, 5.74) is 2.12. The summed E-state index contributed by atoms with van der Waals surface area (Å²) < 4.78 is 6.27. The van der Waals surface area contributed by atoms with E-state index in [1.807, 2.05) is 36.1 Å². The van der Waals surface area contributed by atoms with Gasteiger partial charge in [0.25, 0.3) is 0 Å². The van der Waals surface area contributed by atoms with Crippen LogP contribution in [-0.4, -0.2) is 19.9 Å². The minimum Gasteiger partial charge on any atom is -0.296 e. The molecule has 0 aliphatic rings. The summed E-state index contributed by atoms with van der Waals surface area (Å²) in [7, 11) is 1.90. The Bertz CT molecular complexity index is 722. The Balaban J connectivity index is 1.98. The summed E-state index contributed by atoms with van der Waals surface area (Å²) in [5.74, 6) is 0.000645. The smallest absolute Gasteiger partial charge is 0.296 e. The number of aryl methyl sites for hydroxylation is 1. The molecule has 0 saturated heterocycles. The number of nitrogens with one attached hydrogen (secondary N) is 1. The van der Waals surface area contributed by atoms with Crippen LogP contribution in [0.15, 0.2) is 33.7 Å². The summed E-state index contributed by atoms with van der Waals surface area (Å²) in [5, 5.41) is 8.87. The van der Waals surface area contributed by atoms with Gasteiger partial charge in [-0.2, -0.15) is 5.10 Å². The molecule has 0 radical (unpaired) electrons. The monoisotopic (exact) mass is 230 g/mol. The summed E-state index contributed by atoms with van der Waals surface area (Å²) in [6.45, 7) is 0. The number of nitrogens with zero attached hydrogens (tertiary/aromatic N) is 3. The number of hydrogen-bond donors (Lipinski definition) is 1. The Morgan fingerprint density at radius 1 is 1.47 bits per heavy atom. The number of benzene rings is 1. The van der Waals surface area contributed by atoms with E-state index in [9.17, 15) is 4.79 Å². The molecule has 0 aliphatic carbocycles. The lowest BCUT2D eigenvalue weighted by atomic mass is 10.1. The van der Waals surface area contributed by atoms with Crippen LogP contribution in [0.1, 0.15) is 11.4 Å². The van der Waals surface area contributed by atoms with Crippen molar-refractivity contribution in [2.75, 3.05) is 0 Å². The third-order valence-electron chi connectivity index (χ3n) is 2.67. The van der Waals surface area contributed by atoms with Crippen molar-refractivity contribution in [2.24, 2.45) is 7.05 Å². The molecule has 0 amide bonds. The number of fused-ring (bicyclic) bond motifs is 1. The second kappa shape index (κ2) is 3.58. The maximum atomic E-state index is 10.8. The van der Waals surface area contributed by atoms with Gasteiger partial charge < -0.3 is 0 Å². The van der Waals surface area contributed by atoms with Crippen molar-refractivity contribution < 1.29 is 4.52 Å². The van der Waals surface area contributed by atoms with Gasteiger partial charge in [0.05, 0.1) is 11.7 Å². The molecule has 86 valence electrons. The van der Waals surface area contributed by atoms with E-state index in [1.54, 1.807) is 0 Å². The predicted octanol–water partition coefficient (Wildman–Crippen LogP) is 0.840. The lowest BCUT2D eigenvalue weighted by Crippen LogP contribution is -1.98. The average Bonchev–Trinajstić information content (AvgIpc) is 2.87. The topological polar surface area (TPSA) is 76.7 Å². The zero-order valence-corrected chi connectivity index (χ0v) is 9.17. The summed E-state index contributed by atoms with van der Waals surface area (Å²) in [6.07, 6.45) is 2.35. The maximum absolute atomic E-state index is 10.8. The van der Waals surface area contributed by atoms with Gasteiger partial charge in [0, 0.05) is 18.9 Å². The van der Waals surface area contributed by atoms with Crippen LogP contribution in [0.4, 0.5) is 0 Å². The van der Waals surface area contributed by atoms with Crippen LogP contribution in [-0.2, 0) is 13.5 Å². The average molecular weight is 230 g/mol. The molecular formula is C11H10N4O2. The lowest BCUT2D eigenvalue weighted by molar-refractivity contribution is 0.382. The Morgan fingerprint density at radius 3 is 3.12 bits per heavy atom. The Hall–Kier alpha value is -2.37. The van der Waals surface area contributed by atoms with Gasteiger partial charge in [-0.05, 0) is 17.7 Å². The van der Waals surface area contributed by atoms with Gasteiger partial charge in [0.2, 0.25) is 0 Å². The highest BCUT2D eigenvalue weighted by molar-refractivity contribution is 5.79. The number of hydrogen-bond acceptors (Lipinski definition) is 4. The minimum absolute atomic E-state index is 0.526. The third-order valence-corrected chi connectivity index (χ3v) is 2.67. The van der Waals surface area contributed by atoms with Crippen LogP contribution in [0.3, 0.4) is 0 Å². The summed E-state index contributed by atoms with van der Waals surface area (Å²) in [6, 6.07) is 6.00. The minimum atomic E-state index is -0.526. The van der Waals surface area contributed by atoms with E-state index in [4.69, 9.17) is 0 Å². The maximum Gasteiger partial charge on any atom is 0.438 e. The third kappa shape index (κ3) is 1.73. The normalized spacial score (nSPS) is 11.1. The van der Waals surface area contributed by atoms with Gasteiger partial charge in [-0.15, -0.1) is 0 Å². The molecule has 0 bridgehead atoms. The zero-order chi connectivity index (χ0) is 11.8. The highest BCUT2D eigenvalue weighted by Crippen LogP contribution is 2.16. The SMILES string of the molecule is Cn1ncc2cc(Cc3noc(=O)[nH]3)ccc21. The molecule has 0 atom stereocenters. The fourth-order valence-electron chi connectivity index (χ4n) is 1.85.